The highest BCUT2D eigenvalue weighted by atomic mass is 16.5. The van der Waals surface area contributed by atoms with Gasteiger partial charge in [0.2, 0.25) is 5.91 Å². The number of pyridine rings is 1. The quantitative estimate of drug-likeness (QED) is 0.505. The van der Waals surface area contributed by atoms with Gasteiger partial charge in [0.05, 0.1) is 14.2 Å². The summed E-state index contributed by atoms with van der Waals surface area (Å²) in [4.78, 5) is 27.5. The molecule has 2 amide bonds. The zero-order valence-corrected chi connectivity index (χ0v) is 18.0. The summed E-state index contributed by atoms with van der Waals surface area (Å²) < 4.78 is 16.2. The fraction of sp³-hybridized carbons (Fsp3) is 0.208. The Morgan fingerprint density at radius 3 is 2.22 bits per heavy atom. The molecule has 3 rings (SSSR count). The van der Waals surface area contributed by atoms with E-state index >= 15 is 0 Å². The predicted molar refractivity (Wildman–Crippen MR) is 120 cm³/mol. The van der Waals surface area contributed by atoms with E-state index in [2.05, 4.69) is 10.3 Å². The Hall–Kier alpha value is -4.07. The molecular formula is C24H25N3O5. The number of carbonyl (C=O) groups is 2. The van der Waals surface area contributed by atoms with Gasteiger partial charge >= 0.3 is 0 Å². The number of aromatic nitrogens is 1. The molecule has 0 atom stereocenters. The normalized spacial score (nSPS) is 10.3. The fourth-order valence-corrected chi connectivity index (χ4v) is 2.98. The number of hydrogen-bond acceptors (Lipinski definition) is 6. The molecular weight excluding hydrogens is 410 g/mol. The van der Waals surface area contributed by atoms with Gasteiger partial charge in [-0.3, -0.25) is 14.6 Å². The number of benzene rings is 2. The molecule has 0 fully saturated rings. The van der Waals surface area contributed by atoms with Crippen LogP contribution in [0, 0.1) is 0 Å². The summed E-state index contributed by atoms with van der Waals surface area (Å²) in [5, 5.41) is 2.86. The number of nitrogens with one attached hydrogen (secondary N) is 1. The first-order valence-electron chi connectivity index (χ1n) is 9.96. The van der Waals surface area contributed by atoms with Crippen molar-refractivity contribution in [3.63, 3.8) is 0 Å². The van der Waals surface area contributed by atoms with E-state index in [9.17, 15) is 9.59 Å². The maximum Gasteiger partial charge on any atom is 0.267 e. The Morgan fingerprint density at radius 1 is 0.906 bits per heavy atom. The predicted octanol–water partition coefficient (Wildman–Crippen LogP) is 3.35. The summed E-state index contributed by atoms with van der Waals surface area (Å²) in [5.74, 6) is 1.20. The number of hydrogen-bond donors (Lipinski definition) is 2. The molecule has 2 aromatic carbocycles. The van der Waals surface area contributed by atoms with Gasteiger partial charge in [-0.25, -0.2) is 0 Å². The van der Waals surface area contributed by atoms with E-state index in [0.717, 1.165) is 11.1 Å². The largest absolute Gasteiger partial charge is 0.497 e. The third kappa shape index (κ3) is 6.46. The van der Waals surface area contributed by atoms with E-state index in [1.165, 1.54) is 6.20 Å². The molecule has 1 aromatic heterocycles. The lowest BCUT2D eigenvalue weighted by molar-refractivity contribution is -0.116. The van der Waals surface area contributed by atoms with Crippen LogP contribution in [0.5, 0.6) is 17.2 Å². The Kier molecular flexibility index (Phi) is 7.64. The minimum Gasteiger partial charge on any atom is -0.497 e. The number of amides is 2. The van der Waals surface area contributed by atoms with E-state index in [1.807, 2.05) is 24.3 Å². The van der Waals surface area contributed by atoms with Crippen molar-refractivity contribution in [2.75, 3.05) is 19.5 Å². The van der Waals surface area contributed by atoms with E-state index in [0.29, 0.717) is 35.8 Å². The molecule has 0 saturated heterocycles. The molecule has 0 saturated carbocycles. The molecule has 3 N–H and O–H groups in total. The first kappa shape index (κ1) is 22.6. The number of carbonyl (C=O) groups excluding carboxylic acids is 2. The average Bonchev–Trinajstić information content (AvgIpc) is 2.82. The lowest BCUT2D eigenvalue weighted by Gasteiger charge is -2.10. The third-order valence-electron chi connectivity index (χ3n) is 4.68. The van der Waals surface area contributed by atoms with Crippen molar-refractivity contribution < 1.29 is 23.8 Å². The van der Waals surface area contributed by atoms with Crippen molar-refractivity contribution in [3.05, 3.63) is 77.6 Å². The molecule has 0 radical (unpaired) electrons. The van der Waals surface area contributed by atoms with Crippen LogP contribution in [0.15, 0.2) is 60.8 Å². The highest BCUT2D eigenvalue weighted by Crippen LogP contribution is 2.26. The Morgan fingerprint density at radius 2 is 1.59 bits per heavy atom. The third-order valence-corrected chi connectivity index (χ3v) is 4.68. The number of nitrogens with zero attached hydrogens (tertiary/aromatic N) is 1. The summed E-state index contributed by atoms with van der Waals surface area (Å²) >= 11 is 0. The molecule has 0 spiro atoms. The minimum absolute atomic E-state index is 0.108. The molecule has 3 aromatic rings. The van der Waals surface area contributed by atoms with Crippen molar-refractivity contribution in [1.82, 2.24) is 4.98 Å². The zero-order chi connectivity index (χ0) is 22.9. The van der Waals surface area contributed by atoms with E-state index in [-0.39, 0.29) is 18.2 Å². The average molecular weight is 435 g/mol. The van der Waals surface area contributed by atoms with Gasteiger partial charge in [0.25, 0.3) is 5.91 Å². The molecule has 8 nitrogen and oxygen atoms in total. The SMILES string of the molecule is COc1cc(NC(=O)CCc2ccc(OCc3ccnc(C(N)=O)c3)cc2)cc(OC)c1. The van der Waals surface area contributed by atoms with E-state index in [1.54, 1.807) is 44.6 Å². The number of methoxy groups -OCH3 is 2. The maximum atomic E-state index is 12.3. The highest BCUT2D eigenvalue weighted by molar-refractivity contribution is 5.91. The lowest BCUT2D eigenvalue weighted by Crippen LogP contribution is -2.13. The van der Waals surface area contributed by atoms with Crippen molar-refractivity contribution >= 4 is 17.5 Å². The summed E-state index contributed by atoms with van der Waals surface area (Å²) in [6.07, 6.45) is 2.43. The smallest absolute Gasteiger partial charge is 0.267 e. The van der Waals surface area contributed by atoms with Gasteiger partial charge in [0.1, 0.15) is 29.5 Å². The molecule has 1 heterocycles. The lowest BCUT2D eigenvalue weighted by atomic mass is 10.1. The second-order valence-corrected chi connectivity index (χ2v) is 7.00. The van der Waals surface area contributed by atoms with Crippen molar-refractivity contribution in [2.24, 2.45) is 5.73 Å². The first-order valence-corrected chi connectivity index (χ1v) is 9.96. The first-order chi connectivity index (χ1) is 15.5. The van der Waals surface area contributed by atoms with Gasteiger partial charge in [-0.2, -0.15) is 0 Å². The molecule has 32 heavy (non-hydrogen) atoms. The fourth-order valence-electron chi connectivity index (χ4n) is 2.98. The highest BCUT2D eigenvalue weighted by Gasteiger charge is 2.08. The van der Waals surface area contributed by atoms with Crippen LogP contribution in [-0.4, -0.2) is 31.0 Å². The number of aryl methyl sites for hydroxylation is 1. The van der Waals surface area contributed by atoms with Gasteiger partial charge in [0.15, 0.2) is 0 Å². The van der Waals surface area contributed by atoms with Gasteiger partial charge in [-0.05, 0) is 41.8 Å². The Bertz CT molecular complexity index is 1060. The van der Waals surface area contributed by atoms with E-state index < -0.39 is 5.91 Å². The van der Waals surface area contributed by atoms with Crippen LogP contribution in [0.4, 0.5) is 5.69 Å². The Balaban J connectivity index is 1.50. The molecule has 8 heteroatoms. The number of rotatable bonds is 10. The van der Waals surface area contributed by atoms with Gasteiger partial charge < -0.3 is 25.3 Å². The molecule has 0 aliphatic heterocycles. The van der Waals surface area contributed by atoms with Crippen LogP contribution in [0.3, 0.4) is 0 Å². The zero-order valence-electron chi connectivity index (χ0n) is 18.0. The van der Waals surface area contributed by atoms with Crippen molar-refractivity contribution in [2.45, 2.75) is 19.4 Å². The number of anilines is 1. The van der Waals surface area contributed by atoms with Crippen LogP contribution in [0.2, 0.25) is 0 Å². The van der Waals surface area contributed by atoms with Crippen LogP contribution < -0.4 is 25.3 Å². The van der Waals surface area contributed by atoms with E-state index in [4.69, 9.17) is 19.9 Å². The van der Waals surface area contributed by atoms with Gasteiger partial charge in [-0.1, -0.05) is 12.1 Å². The topological polar surface area (TPSA) is 113 Å². The summed E-state index contributed by atoms with van der Waals surface area (Å²) in [6.45, 7) is 0.286. The molecule has 166 valence electrons. The molecule has 0 unspecified atom stereocenters. The number of nitrogens with two attached hydrogens (primary N) is 1. The molecule has 0 aliphatic rings. The minimum atomic E-state index is -0.578. The maximum absolute atomic E-state index is 12.3. The monoisotopic (exact) mass is 435 g/mol. The van der Waals surface area contributed by atoms with Crippen LogP contribution >= 0.6 is 0 Å². The number of primary amides is 1. The van der Waals surface area contributed by atoms with Crippen LogP contribution in [0.1, 0.15) is 28.0 Å². The van der Waals surface area contributed by atoms with Gasteiger partial charge in [-0.15, -0.1) is 0 Å². The van der Waals surface area contributed by atoms with Crippen molar-refractivity contribution in [1.29, 1.82) is 0 Å². The Labute approximate surface area is 186 Å². The van der Waals surface area contributed by atoms with Gasteiger partial charge in [0, 0.05) is 36.5 Å². The second-order valence-electron chi connectivity index (χ2n) is 7.00. The summed E-state index contributed by atoms with van der Waals surface area (Å²) in [7, 11) is 3.12. The number of ether oxygens (including phenoxy) is 3. The molecule has 0 bridgehead atoms. The summed E-state index contributed by atoms with van der Waals surface area (Å²) in [5.41, 5.74) is 7.87. The standard InChI is InChI=1S/C24H25N3O5/c1-30-20-12-18(13-21(14-20)31-2)27-23(28)8-5-16-3-6-19(7-4-16)32-15-17-9-10-26-22(11-17)24(25)29/h3-4,6-7,9-14H,5,8,15H2,1-2H3,(H2,25,29)(H,27,28). The van der Waals surface area contributed by atoms with Crippen molar-refractivity contribution in [3.8, 4) is 17.2 Å². The van der Waals surface area contributed by atoms with Crippen LogP contribution in [0.25, 0.3) is 0 Å². The summed E-state index contributed by atoms with van der Waals surface area (Å²) in [6, 6.07) is 16.1. The second kappa shape index (κ2) is 10.8. The molecule has 0 aliphatic carbocycles. The van der Waals surface area contributed by atoms with Crippen LogP contribution in [-0.2, 0) is 17.8 Å².